The minimum atomic E-state index is -0.287. The number of aryl methyl sites for hydroxylation is 1. The first-order valence-corrected chi connectivity index (χ1v) is 5.43. The van der Waals surface area contributed by atoms with E-state index in [1.54, 1.807) is 12.4 Å². The number of thiol groups is 1. The van der Waals surface area contributed by atoms with Crippen LogP contribution in [0.2, 0.25) is 0 Å². The zero-order chi connectivity index (χ0) is 11.4. The van der Waals surface area contributed by atoms with Gasteiger partial charge in [-0.15, -0.1) is 0 Å². The molecule has 0 aliphatic heterocycles. The smallest absolute Gasteiger partial charge is 0.237 e. The molecule has 15 heavy (non-hydrogen) atoms. The number of rotatable bonds is 3. The summed E-state index contributed by atoms with van der Waals surface area (Å²) in [6, 6.07) is 1.86. The fourth-order valence-electron chi connectivity index (χ4n) is 1.10. The van der Waals surface area contributed by atoms with Crippen LogP contribution in [-0.4, -0.2) is 16.1 Å². The normalized spacial score (nSPS) is 12.6. The first-order valence-electron chi connectivity index (χ1n) is 4.92. The second-order valence-electron chi connectivity index (χ2n) is 3.87. The minimum Gasteiger partial charge on any atom is -0.324 e. The van der Waals surface area contributed by atoms with E-state index in [0.717, 1.165) is 11.3 Å². The Balaban J connectivity index is 2.71. The Labute approximate surface area is 95.7 Å². The number of carbonyl (C=O) groups is 1. The van der Waals surface area contributed by atoms with Crippen LogP contribution in [0.15, 0.2) is 18.5 Å². The molecule has 0 spiro atoms. The van der Waals surface area contributed by atoms with Crippen LogP contribution >= 0.6 is 12.6 Å². The third-order valence-corrected chi connectivity index (χ3v) is 3.03. The number of hydrogen-bond donors (Lipinski definition) is 2. The molecule has 1 aromatic heterocycles. The van der Waals surface area contributed by atoms with Gasteiger partial charge in [0.1, 0.15) is 0 Å². The average Bonchev–Trinajstić information content (AvgIpc) is 2.20. The fourth-order valence-corrected chi connectivity index (χ4v) is 1.17. The Hall–Kier alpha value is -1.03. The number of carbonyl (C=O) groups excluding carboxylic acids is 1. The van der Waals surface area contributed by atoms with Crippen LogP contribution in [0.3, 0.4) is 0 Å². The molecule has 1 N–H and O–H groups in total. The standard InChI is InChI=1S/C11H16N2OS/c1-7(2)10(15)11(14)13-9-6-12-5-4-8(9)3/h4-7,10,15H,1-3H3,(H,13,14). The van der Waals surface area contributed by atoms with Crippen LogP contribution in [-0.2, 0) is 4.79 Å². The number of hydrogen-bond acceptors (Lipinski definition) is 3. The SMILES string of the molecule is Cc1ccncc1NC(=O)C(S)C(C)C. The maximum atomic E-state index is 11.7. The number of amides is 1. The molecular weight excluding hydrogens is 208 g/mol. The molecule has 0 aliphatic rings. The van der Waals surface area contributed by atoms with Crippen molar-refractivity contribution in [3.63, 3.8) is 0 Å². The van der Waals surface area contributed by atoms with E-state index in [4.69, 9.17) is 0 Å². The van der Waals surface area contributed by atoms with Gasteiger partial charge in [0.05, 0.1) is 17.1 Å². The number of pyridine rings is 1. The molecule has 1 rings (SSSR count). The summed E-state index contributed by atoms with van der Waals surface area (Å²) in [6.07, 6.45) is 3.35. The van der Waals surface area contributed by atoms with Gasteiger partial charge in [0, 0.05) is 6.20 Å². The summed E-state index contributed by atoms with van der Waals surface area (Å²) < 4.78 is 0. The fraction of sp³-hybridized carbons (Fsp3) is 0.455. The van der Waals surface area contributed by atoms with Gasteiger partial charge in [-0.1, -0.05) is 13.8 Å². The van der Waals surface area contributed by atoms with E-state index in [-0.39, 0.29) is 17.1 Å². The van der Waals surface area contributed by atoms with Crippen LogP contribution in [0.5, 0.6) is 0 Å². The van der Waals surface area contributed by atoms with Gasteiger partial charge in [0.25, 0.3) is 0 Å². The molecule has 1 unspecified atom stereocenters. The summed E-state index contributed by atoms with van der Waals surface area (Å²) in [6.45, 7) is 5.86. The molecule has 1 heterocycles. The highest BCUT2D eigenvalue weighted by Gasteiger charge is 2.18. The quantitative estimate of drug-likeness (QED) is 0.773. The molecule has 0 saturated heterocycles. The van der Waals surface area contributed by atoms with E-state index in [0.29, 0.717) is 0 Å². The van der Waals surface area contributed by atoms with E-state index in [1.165, 1.54) is 0 Å². The molecule has 3 nitrogen and oxygen atoms in total. The maximum absolute atomic E-state index is 11.7. The van der Waals surface area contributed by atoms with Gasteiger partial charge >= 0.3 is 0 Å². The van der Waals surface area contributed by atoms with Crippen LogP contribution in [0, 0.1) is 12.8 Å². The first-order chi connectivity index (χ1) is 7.02. The lowest BCUT2D eigenvalue weighted by Gasteiger charge is -2.15. The number of nitrogens with one attached hydrogen (secondary N) is 1. The van der Waals surface area contributed by atoms with E-state index >= 15 is 0 Å². The average molecular weight is 224 g/mol. The van der Waals surface area contributed by atoms with Crippen molar-refractivity contribution in [3.05, 3.63) is 24.0 Å². The zero-order valence-corrected chi connectivity index (χ0v) is 10.1. The van der Waals surface area contributed by atoms with Crippen molar-refractivity contribution in [2.24, 2.45) is 5.92 Å². The Morgan fingerprint density at radius 1 is 1.53 bits per heavy atom. The lowest BCUT2D eigenvalue weighted by Crippen LogP contribution is -2.27. The topological polar surface area (TPSA) is 42.0 Å². The molecule has 0 aliphatic carbocycles. The second-order valence-corrected chi connectivity index (χ2v) is 4.43. The first kappa shape index (κ1) is 12.0. The molecule has 4 heteroatoms. The Bertz CT molecular complexity index is 352. The van der Waals surface area contributed by atoms with E-state index < -0.39 is 0 Å². The second kappa shape index (κ2) is 5.16. The summed E-state index contributed by atoms with van der Waals surface area (Å²) in [5, 5.41) is 2.53. The summed E-state index contributed by atoms with van der Waals surface area (Å²) in [5.74, 6) is 0.134. The number of aromatic nitrogens is 1. The van der Waals surface area contributed by atoms with Gasteiger partial charge in [-0.05, 0) is 24.5 Å². The Morgan fingerprint density at radius 2 is 2.20 bits per heavy atom. The van der Waals surface area contributed by atoms with Crippen molar-refractivity contribution < 1.29 is 4.79 Å². The van der Waals surface area contributed by atoms with E-state index in [9.17, 15) is 4.79 Å². The van der Waals surface area contributed by atoms with Crippen molar-refractivity contribution >= 4 is 24.2 Å². The van der Waals surface area contributed by atoms with Crippen LogP contribution in [0.25, 0.3) is 0 Å². The lowest BCUT2D eigenvalue weighted by molar-refractivity contribution is -0.116. The molecule has 0 fully saturated rings. The summed E-state index contributed by atoms with van der Waals surface area (Å²) >= 11 is 4.25. The molecule has 1 aromatic rings. The van der Waals surface area contributed by atoms with Crippen LogP contribution < -0.4 is 5.32 Å². The zero-order valence-electron chi connectivity index (χ0n) is 9.19. The van der Waals surface area contributed by atoms with Crippen LogP contribution in [0.1, 0.15) is 19.4 Å². The van der Waals surface area contributed by atoms with E-state index in [1.807, 2.05) is 26.8 Å². The maximum Gasteiger partial charge on any atom is 0.237 e. The van der Waals surface area contributed by atoms with Gasteiger partial charge in [-0.2, -0.15) is 12.6 Å². The Morgan fingerprint density at radius 3 is 2.73 bits per heavy atom. The summed E-state index contributed by atoms with van der Waals surface area (Å²) in [7, 11) is 0. The minimum absolute atomic E-state index is 0.0792. The lowest BCUT2D eigenvalue weighted by atomic mass is 10.1. The summed E-state index contributed by atoms with van der Waals surface area (Å²) in [5.41, 5.74) is 1.75. The molecule has 0 bridgehead atoms. The molecule has 0 saturated carbocycles. The predicted molar refractivity (Wildman–Crippen MR) is 65.2 cm³/mol. The van der Waals surface area contributed by atoms with Crippen molar-refractivity contribution in [2.75, 3.05) is 5.32 Å². The van der Waals surface area contributed by atoms with Crippen molar-refractivity contribution in [1.82, 2.24) is 4.98 Å². The largest absolute Gasteiger partial charge is 0.324 e. The number of anilines is 1. The van der Waals surface area contributed by atoms with Gasteiger partial charge in [-0.25, -0.2) is 0 Å². The third kappa shape index (κ3) is 3.23. The molecule has 0 radical (unpaired) electrons. The number of nitrogens with zero attached hydrogens (tertiary/aromatic N) is 1. The van der Waals surface area contributed by atoms with Crippen LogP contribution in [0.4, 0.5) is 5.69 Å². The van der Waals surface area contributed by atoms with Gasteiger partial charge < -0.3 is 5.32 Å². The van der Waals surface area contributed by atoms with Gasteiger partial charge in [-0.3, -0.25) is 9.78 Å². The van der Waals surface area contributed by atoms with Crippen molar-refractivity contribution in [3.8, 4) is 0 Å². The third-order valence-electron chi connectivity index (χ3n) is 2.20. The van der Waals surface area contributed by atoms with Gasteiger partial charge in [0.15, 0.2) is 0 Å². The Kier molecular flexibility index (Phi) is 4.15. The molecule has 82 valence electrons. The molecule has 1 atom stereocenters. The monoisotopic (exact) mass is 224 g/mol. The predicted octanol–water partition coefficient (Wildman–Crippen LogP) is 2.28. The summed E-state index contributed by atoms with van der Waals surface area (Å²) in [4.78, 5) is 15.7. The van der Waals surface area contributed by atoms with Crippen molar-refractivity contribution in [1.29, 1.82) is 0 Å². The van der Waals surface area contributed by atoms with E-state index in [2.05, 4.69) is 22.9 Å². The van der Waals surface area contributed by atoms with Crippen molar-refractivity contribution in [2.45, 2.75) is 26.0 Å². The molecule has 1 amide bonds. The molecule has 0 aromatic carbocycles. The highest BCUT2D eigenvalue weighted by molar-refractivity contribution is 7.81. The molecular formula is C11H16N2OS. The highest BCUT2D eigenvalue weighted by atomic mass is 32.1. The van der Waals surface area contributed by atoms with Gasteiger partial charge in [0.2, 0.25) is 5.91 Å². The highest BCUT2D eigenvalue weighted by Crippen LogP contribution is 2.15.